The van der Waals surface area contributed by atoms with Crippen molar-refractivity contribution in [2.45, 2.75) is 68.5 Å². The van der Waals surface area contributed by atoms with Crippen molar-refractivity contribution in [3.05, 3.63) is 102 Å². The topological polar surface area (TPSA) is 96.0 Å². The number of anilines is 1. The Labute approximate surface area is 265 Å². The number of hydrogen-bond donors (Lipinski definition) is 1. The van der Waals surface area contributed by atoms with E-state index in [2.05, 4.69) is 5.32 Å². The van der Waals surface area contributed by atoms with E-state index in [1.54, 1.807) is 24.1 Å². The van der Waals surface area contributed by atoms with E-state index in [4.69, 9.17) is 4.74 Å². The van der Waals surface area contributed by atoms with Gasteiger partial charge in [-0.05, 0) is 60.0 Å². The second-order valence-corrected chi connectivity index (χ2v) is 13.7. The average molecular weight is 626 g/mol. The highest BCUT2D eigenvalue weighted by atomic mass is 32.2. The quantitative estimate of drug-likeness (QED) is 0.214. The van der Waals surface area contributed by atoms with Gasteiger partial charge < -0.3 is 15.0 Å². The summed E-state index contributed by atoms with van der Waals surface area (Å²) in [6, 6.07) is 27.5. The molecule has 45 heavy (non-hydrogen) atoms. The predicted octanol–water partition coefficient (Wildman–Crippen LogP) is 5.84. The highest BCUT2D eigenvalue weighted by molar-refractivity contribution is 7.93. The van der Waals surface area contributed by atoms with Crippen molar-refractivity contribution in [1.29, 1.82) is 0 Å². The molecule has 4 aromatic carbocycles. The summed E-state index contributed by atoms with van der Waals surface area (Å²) in [5.74, 6) is 0.307. The number of carbonyl (C=O) groups excluding carboxylic acids is 2. The first-order valence-corrected chi connectivity index (χ1v) is 17.1. The lowest BCUT2D eigenvalue weighted by molar-refractivity contribution is -0.141. The van der Waals surface area contributed by atoms with Crippen molar-refractivity contribution in [2.75, 3.05) is 18.0 Å². The van der Waals surface area contributed by atoms with Crippen LogP contribution in [0, 0.1) is 0 Å². The minimum atomic E-state index is -3.73. The molecule has 234 valence electrons. The van der Waals surface area contributed by atoms with Gasteiger partial charge in [-0.15, -0.1) is 0 Å². The van der Waals surface area contributed by atoms with Gasteiger partial charge in [0.05, 0.1) is 17.7 Å². The fourth-order valence-electron chi connectivity index (χ4n) is 6.61. The number of amides is 2. The third kappa shape index (κ3) is 6.54. The Balaban J connectivity index is 1.26. The van der Waals surface area contributed by atoms with Gasteiger partial charge in [-0.25, -0.2) is 8.42 Å². The van der Waals surface area contributed by atoms with Crippen LogP contribution in [0.25, 0.3) is 10.8 Å². The summed E-state index contributed by atoms with van der Waals surface area (Å²) in [6.45, 7) is 0.380. The van der Waals surface area contributed by atoms with Crippen molar-refractivity contribution in [3.8, 4) is 5.75 Å². The van der Waals surface area contributed by atoms with Gasteiger partial charge in [-0.1, -0.05) is 79.6 Å². The number of carbonyl (C=O) groups is 2. The highest BCUT2D eigenvalue weighted by Crippen LogP contribution is 2.42. The lowest BCUT2D eigenvalue weighted by Crippen LogP contribution is -2.52. The lowest BCUT2D eigenvalue weighted by Gasteiger charge is -2.32. The van der Waals surface area contributed by atoms with Gasteiger partial charge in [-0.2, -0.15) is 0 Å². The Morgan fingerprint density at radius 1 is 0.933 bits per heavy atom. The number of sulfonamides is 1. The summed E-state index contributed by atoms with van der Waals surface area (Å²) in [6.07, 6.45) is 4.80. The fourth-order valence-corrected chi connectivity index (χ4v) is 8.35. The molecule has 1 aliphatic carbocycles. The molecule has 0 unspecified atom stereocenters. The zero-order chi connectivity index (χ0) is 31.4. The van der Waals surface area contributed by atoms with Crippen molar-refractivity contribution >= 4 is 38.3 Å². The minimum Gasteiger partial charge on any atom is -0.497 e. The molecule has 0 radical (unpaired) electrons. The summed E-state index contributed by atoms with van der Waals surface area (Å²) < 4.78 is 33.9. The largest absolute Gasteiger partial charge is 0.497 e. The zero-order valence-electron chi connectivity index (χ0n) is 25.5. The third-order valence-electron chi connectivity index (χ3n) is 8.89. The Morgan fingerprint density at radius 3 is 2.40 bits per heavy atom. The van der Waals surface area contributed by atoms with Crippen LogP contribution in [0.4, 0.5) is 5.69 Å². The summed E-state index contributed by atoms with van der Waals surface area (Å²) in [5, 5.41) is 4.82. The van der Waals surface area contributed by atoms with Crippen LogP contribution in [-0.2, 0) is 32.6 Å². The molecular formula is C36H39N3O5S. The minimum absolute atomic E-state index is 0.0876. The second-order valence-electron chi connectivity index (χ2n) is 11.9. The van der Waals surface area contributed by atoms with E-state index in [0.29, 0.717) is 29.2 Å². The second kappa shape index (κ2) is 13.3. The molecule has 0 bridgehead atoms. The summed E-state index contributed by atoms with van der Waals surface area (Å²) in [7, 11) is -2.13. The van der Waals surface area contributed by atoms with E-state index in [9.17, 15) is 18.0 Å². The van der Waals surface area contributed by atoms with Gasteiger partial charge in [0.2, 0.25) is 11.8 Å². The van der Waals surface area contributed by atoms with Crippen LogP contribution in [0.15, 0.2) is 95.9 Å². The molecule has 8 nitrogen and oxygen atoms in total. The predicted molar refractivity (Wildman–Crippen MR) is 176 cm³/mol. The maximum atomic E-state index is 14.2. The Bertz CT molecular complexity index is 1780. The Morgan fingerprint density at radius 2 is 1.64 bits per heavy atom. The van der Waals surface area contributed by atoms with E-state index in [1.807, 2.05) is 78.9 Å². The van der Waals surface area contributed by atoms with Crippen molar-refractivity contribution in [3.63, 3.8) is 0 Å². The maximum absolute atomic E-state index is 14.2. The summed E-state index contributed by atoms with van der Waals surface area (Å²) in [5.41, 5.74) is 2.45. The number of hydrogen-bond acceptors (Lipinski definition) is 5. The van der Waals surface area contributed by atoms with Gasteiger partial charge in [0, 0.05) is 37.4 Å². The first kappa shape index (κ1) is 30.6. The number of methoxy groups -OCH3 is 1. The first-order valence-electron chi connectivity index (χ1n) is 15.7. The molecule has 0 spiro atoms. The first-order chi connectivity index (χ1) is 21.8. The molecule has 1 atom stereocenters. The van der Waals surface area contributed by atoms with Crippen LogP contribution in [0.1, 0.15) is 49.7 Å². The standard InChI is InChI=1S/C36H39N3O5S/c1-44-30-18-7-13-27(23-30)25-38(32(24-26-11-3-2-4-12-26)36(41)37-29-16-5-6-17-29)34(40)21-10-22-39-31-19-8-14-28-15-9-20-33(35(28)31)45(39,42)43/h2-4,7-9,11-15,18-20,23,29,32H,5-6,10,16-17,21-22,24-25H2,1H3,(H,37,41)/t32-/m1/s1. The molecule has 6 rings (SSSR count). The van der Waals surface area contributed by atoms with Crippen LogP contribution >= 0.6 is 0 Å². The van der Waals surface area contributed by atoms with Gasteiger partial charge in [0.15, 0.2) is 0 Å². The van der Waals surface area contributed by atoms with Crippen molar-refractivity contribution < 1.29 is 22.7 Å². The highest BCUT2D eigenvalue weighted by Gasteiger charge is 2.36. The summed E-state index contributed by atoms with van der Waals surface area (Å²) in [4.78, 5) is 30.1. The van der Waals surface area contributed by atoms with E-state index in [1.165, 1.54) is 4.31 Å². The fraction of sp³-hybridized carbons (Fsp3) is 0.333. The van der Waals surface area contributed by atoms with Crippen LogP contribution in [0.3, 0.4) is 0 Å². The maximum Gasteiger partial charge on any atom is 0.265 e. The smallest absolute Gasteiger partial charge is 0.265 e. The van der Waals surface area contributed by atoms with Gasteiger partial charge in [0.25, 0.3) is 10.0 Å². The molecule has 2 aliphatic rings. The monoisotopic (exact) mass is 625 g/mol. The Kier molecular flexibility index (Phi) is 9.07. The van der Waals surface area contributed by atoms with Crippen molar-refractivity contribution in [1.82, 2.24) is 10.2 Å². The van der Waals surface area contributed by atoms with E-state index in [-0.39, 0.29) is 37.4 Å². The summed E-state index contributed by atoms with van der Waals surface area (Å²) >= 11 is 0. The van der Waals surface area contributed by atoms with Gasteiger partial charge in [0.1, 0.15) is 11.8 Å². The van der Waals surface area contributed by atoms with Gasteiger partial charge in [-0.3, -0.25) is 13.9 Å². The average Bonchev–Trinajstić information content (AvgIpc) is 3.64. The normalized spacial score (nSPS) is 16.1. The van der Waals surface area contributed by atoms with Crippen LogP contribution < -0.4 is 14.4 Å². The van der Waals surface area contributed by atoms with Crippen LogP contribution in [-0.4, -0.2) is 50.9 Å². The SMILES string of the molecule is COc1cccc(CN(C(=O)CCCN2c3cccc4cccc(c34)S2(=O)=O)[C@H](Cc2ccccc2)C(=O)NC2CCCC2)c1. The molecule has 1 N–H and O–H groups in total. The van der Waals surface area contributed by atoms with Gasteiger partial charge >= 0.3 is 0 Å². The third-order valence-corrected chi connectivity index (χ3v) is 10.7. The van der Waals surface area contributed by atoms with E-state index >= 15 is 0 Å². The molecule has 0 saturated heterocycles. The Hall–Kier alpha value is -4.37. The molecular weight excluding hydrogens is 586 g/mol. The number of rotatable bonds is 12. The molecule has 2 amide bonds. The number of ether oxygens (including phenoxy) is 1. The molecule has 1 heterocycles. The molecule has 1 fully saturated rings. The number of nitrogens with zero attached hydrogens (tertiary/aromatic N) is 2. The molecule has 1 aliphatic heterocycles. The van der Waals surface area contributed by atoms with Crippen LogP contribution in [0.2, 0.25) is 0 Å². The van der Waals surface area contributed by atoms with Crippen LogP contribution in [0.5, 0.6) is 5.75 Å². The number of benzene rings is 4. The molecule has 1 saturated carbocycles. The molecule has 9 heteroatoms. The molecule has 0 aromatic heterocycles. The lowest BCUT2D eigenvalue weighted by atomic mass is 10.0. The van der Waals surface area contributed by atoms with Crippen molar-refractivity contribution in [2.24, 2.45) is 0 Å². The zero-order valence-corrected chi connectivity index (χ0v) is 26.3. The molecule has 4 aromatic rings. The van der Waals surface area contributed by atoms with E-state index in [0.717, 1.165) is 47.6 Å². The van der Waals surface area contributed by atoms with E-state index < -0.39 is 16.1 Å². The number of nitrogens with one attached hydrogen (secondary N) is 1.